The first kappa shape index (κ1) is 19.7. The summed E-state index contributed by atoms with van der Waals surface area (Å²) in [6.45, 7) is 4.49. The Morgan fingerprint density at radius 1 is 1.24 bits per heavy atom. The molecule has 6 heteroatoms. The van der Waals surface area contributed by atoms with Crippen molar-refractivity contribution in [3.63, 3.8) is 0 Å². The van der Waals surface area contributed by atoms with Crippen molar-refractivity contribution in [1.82, 2.24) is 15.1 Å². The van der Waals surface area contributed by atoms with Crippen LogP contribution in [0.2, 0.25) is 0 Å². The SMILES string of the molecule is CCCCN(C)C(=O)C1CCC(N[C@@H](C#N)C(=O)N2CCCC2)CC1. The first-order chi connectivity index (χ1) is 12.1. The largest absolute Gasteiger partial charge is 0.346 e. The van der Waals surface area contributed by atoms with Gasteiger partial charge in [0, 0.05) is 38.6 Å². The van der Waals surface area contributed by atoms with Gasteiger partial charge < -0.3 is 9.80 Å². The second-order valence-electron chi connectivity index (χ2n) is 7.42. The molecule has 1 saturated heterocycles. The van der Waals surface area contributed by atoms with Crippen molar-refractivity contribution in [2.45, 2.75) is 70.4 Å². The molecule has 1 heterocycles. The first-order valence-electron chi connectivity index (χ1n) is 9.76. The van der Waals surface area contributed by atoms with Crippen molar-refractivity contribution in [2.75, 3.05) is 26.7 Å². The molecule has 0 unspecified atom stereocenters. The molecular formula is C19H32N4O2. The van der Waals surface area contributed by atoms with Gasteiger partial charge in [0.25, 0.3) is 5.91 Å². The Labute approximate surface area is 151 Å². The topological polar surface area (TPSA) is 76.4 Å². The van der Waals surface area contributed by atoms with Crippen LogP contribution in [-0.2, 0) is 9.59 Å². The zero-order valence-corrected chi connectivity index (χ0v) is 15.7. The highest BCUT2D eigenvalue weighted by atomic mass is 16.2. The van der Waals surface area contributed by atoms with E-state index in [-0.39, 0.29) is 23.8 Å². The molecule has 0 spiro atoms. The van der Waals surface area contributed by atoms with Crippen molar-refractivity contribution < 1.29 is 9.59 Å². The molecule has 1 N–H and O–H groups in total. The Hall–Kier alpha value is -1.61. The Bertz CT molecular complexity index is 488. The summed E-state index contributed by atoms with van der Waals surface area (Å²) in [7, 11) is 1.89. The first-order valence-corrected chi connectivity index (χ1v) is 9.76. The molecule has 1 aliphatic heterocycles. The molecule has 1 atom stereocenters. The fraction of sp³-hybridized carbons (Fsp3) is 0.842. The Balaban J connectivity index is 1.78. The molecule has 2 aliphatic rings. The summed E-state index contributed by atoms with van der Waals surface area (Å²) in [6.07, 6.45) is 7.57. The molecule has 1 aliphatic carbocycles. The number of likely N-dealkylation sites (tertiary alicyclic amines) is 1. The van der Waals surface area contributed by atoms with Crippen molar-refractivity contribution in [2.24, 2.45) is 5.92 Å². The van der Waals surface area contributed by atoms with Gasteiger partial charge in [-0.15, -0.1) is 0 Å². The number of unbranched alkanes of at least 4 members (excludes halogenated alkanes) is 1. The van der Waals surface area contributed by atoms with Gasteiger partial charge in [0.05, 0.1) is 6.07 Å². The summed E-state index contributed by atoms with van der Waals surface area (Å²) in [4.78, 5) is 28.5. The van der Waals surface area contributed by atoms with E-state index < -0.39 is 6.04 Å². The van der Waals surface area contributed by atoms with E-state index in [1.807, 2.05) is 11.9 Å². The predicted octanol–water partition coefficient (Wildman–Crippen LogP) is 1.91. The van der Waals surface area contributed by atoms with Crippen LogP contribution in [0.15, 0.2) is 0 Å². The Kier molecular flexibility index (Phi) is 7.70. The minimum atomic E-state index is -0.748. The number of nitrogens with zero attached hydrogens (tertiary/aromatic N) is 3. The molecule has 25 heavy (non-hydrogen) atoms. The van der Waals surface area contributed by atoms with Crippen molar-refractivity contribution in [3.05, 3.63) is 0 Å². The fourth-order valence-electron chi connectivity index (χ4n) is 3.84. The lowest BCUT2D eigenvalue weighted by atomic mass is 9.85. The van der Waals surface area contributed by atoms with Gasteiger partial charge in [0.1, 0.15) is 0 Å². The summed E-state index contributed by atoms with van der Waals surface area (Å²) >= 11 is 0. The average molecular weight is 348 g/mol. The third-order valence-corrected chi connectivity index (χ3v) is 5.50. The molecule has 0 aromatic rings. The van der Waals surface area contributed by atoms with Crippen LogP contribution in [0.5, 0.6) is 0 Å². The van der Waals surface area contributed by atoms with Crippen LogP contribution in [0, 0.1) is 17.2 Å². The maximum absolute atomic E-state index is 12.5. The van der Waals surface area contributed by atoms with Crippen LogP contribution >= 0.6 is 0 Å². The summed E-state index contributed by atoms with van der Waals surface area (Å²) in [5.41, 5.74) is 0. The lowest BCUT2D eigenvalue weighted by molar-refractivity contribution is -0.136. The Morgan fingerprint density at radius 2 is 1.88 bits per heavy atom. The van der Waals surface area contributed by atoms with Gasteiger partial charge in [-0.1, -0.05) is 13.3 Å². The van der Waals surface area contributed by atoms with Gasteiger partial charge in [-0.3, -0.25) is 14.9 Å². The fourth-order valence-corrected chi connectivity index (χ4v) is 3.84. The highest BCUT2D eigenvalue weighted by Gasteiger charge is 2.32. The van der Waals surface area contributed by atoms with Crippen LogP contribution in [0.4, 0.5) is 0 Å². The normalized spacial score (nSPS) is 24.6. The molecule has 0 radical (unpaired) electrons. The van der Waals surface area contributed by atoms with Crippen LogP contribution in [0.25, 0.3) is 0 Å². The molecule has 2 rings (SSSR count). The van der Waals surface area contributed by atoms with Gasteiger partial charge in [0.2, 0.25) is 5.91 Å². The van der Waals surface area contributed by atoms with E-state index >= 15 is 0 Å². The zero-order valence-electron chi connectivity index (χ0n) is 15.7. The van der Waals surface area contributed by atoms with Gasteiger partial charge in [-0.25, -0.2) is 0 Å². The highest BCUT2D eigenvalue weighted by Crippen LogP contribution is 2.26. The van der Waals surface area contributed by atoms with E-state index in [1.54, 1.807) is 4.90 Å². The maximum Gasteiger partial charge on any atom is 0.254 e. The third-order valence-electron chi connectivity index (χ3n) is 5.50. The van der Waals surface area contributed by atoms with Crippen LogP contribution in [0.3, 0.4) is 0 Å². The molecule has 0 aromatic heterocycles. The van der Waals surface area contributed by atoms with Crippen molar-refractivity contribution in [3.8, 4) is 6.07 Å². The average Bonchev–Trinajstić information content (AvgIpc) is 3.18. The van der Waals surface area contributed by atoms with E-state index in [0.717, 1.165) is 71.0 Å². The van der Waals surface area contributed by atoms with Crippen LogP contribution < -0.4 is 5.32 Å². The number of nitrogens with one attached hydrogen (secondary N) is 1. The van der Waals surface area contributed by atoms with Gasteiger partial charge in [-0.05, 0) is 44.9 Å². The van der Waals surface area contributed by atoms with Gasteiger partial charge in [-0.2, -0.15) is 5.26 Å². The molecule has 0 aromatic carbocycles. The third kappa shape index (κ3) is 5.43. The summed E-state index contributed by atoms with van der Waals surface area (Å²) in [6, 6.07) is 1.53. The predicted molar refractivity (Wildman–Crippen MR) is 96.6 cm³/mol. The second-order valence-corrected chi connectivity index (χ2v) is 7.42. The number of amides is 2. The molecule has 2 fully saturated rings. The standard InChI is InChI=1S/C19H32N4O2/c1-3-4-11-22(2)18(24)15-7-9-16(10-8-15)21-17(14-20)19(25)23-12-5-6-13-23/h15-17,21H,3-13H2,1-2H3/t15?,16?,17-/m0/s1. The number of carbonyl (C=O) groups is 2. The molecular weight excluding hydrogens is 316 g/mol. The van der Waals surface area contributed by atoms with E-state index in [4.69, 9.17) is 0 Å². The monoisotopic (exact) mass is 348 g/mol. The molecule has 1 saturated carbocycles. The lowest BCUT2D eigenvalue weighted by Gasteiger charge is -2.32. The van der Waals surface area contributed by atoms with Gasteiger partial charge >= 0.3 is 0 Å². The number of carbonyl (C=O) groups excluding carboxylic acids is 2. The minimum Gasteiger partial charge on any atom is -0.346 e. The van der Waals surface area contributed by atoms with E-state index in [9.17, 15) is 14.9 Å². The number of hydrogen-bond acceptors (Lipinski definition) is 4. The number of nitriles is 1. The van der Waals surface area contributed by atoms with E-state index in [2.05, 4.69) is 18.3 Å². The summed E-state index contributed by atoms with van der Waals surface area (Å²) in [5, 5.41) is 12.6. The summed E-state index contributed by atoms with van der Waals surface area (Å²) < 4.78 is 0. The molecule has 140 valence electrons. The smallest absolute Gasteiger partial charge is 0.254 e. The number of hydrogen-bond donors (Lipinski definition) is 1. The minimum absolute atomic E-state index is 0.0856. The maximum atomic E-state index is 12.5. The van der Waals surface area contributed by atoms with E-state index in [0.29, 0.717) is 0 Å². The number of rotatable bonds is 7. The summed E-state index contributed by atoms with van der Waals surface area (Å²) in [5.74, 6) is 0.254. The quantitative estimate of drug-likeness (QED) is 0.762. The molecule has 2 amide bonds. The van der Waals surface area contributed by atoms with Crippen molar-refractivity contribution in [1.29, 1.82) is 5.26 Å². The molecule has 0 bridgehead atoms. The second kappa shape index (κ2) is 9.76. The molecule has 6 nitrogen and oxygen atoms in total. The van der Waals surface area contributed by atoms with Crippen molar-refractivity contribution >= 4 is 11.8 Å². The lowest BCUT2D eigenvalue weighted by Crippen LogP contribution is -2.50. The Morgan fingerprint density at radius 3 is 2.44 bits per heavy atom. The van der Waals surface area contributed by atoms with Crippen LogP contribution in [0.1, 0.15) is 58.3 Å². The highest BCUT2D eigenvalue weighted by molar-refractivity contribution is 5.84. The zero-order chi connectivity index (χ0) is 18.2. The van der Waals surface area contributed by atoms with Gasteiger partial charge in [0.15, 0.2) is 6.04 Å². The van der Waals surface area contributed by atoms with Crippen LogP contribution in [-0.4, -0.2) is 60.4 Å². The van der Waals surface area contributed by atoms with E-state index in [1.165, 1.54) is 0 Å².